The van der Waals surface area contributed by atoms with Crippen molar-refractivity contribution in [2.45, 2.75) is 48.6 Å². The van der Waals surface area contributed by atoms with Crippen molar-refractivity contribution in [3.8, 4) is 5.75 Å². The lowest BCUT2D eigenvalue weighted by Gasteiger charge is -2.14. The molecule has 0 bridgehead atoms. The van der Waals surface area contributed by atoms with E-state index < -0.39 is 20.3 Å². The Kier molecular flexibility index (Phi) is 7.83. The largest absolute Gasteiger partial charge is 0.542 e. The second-order valence-electron chi connectivity index (χ2n) is 9.41. The van der Waals surface area contributed by atoms with Crippen molar-refractivity contribution in [2.24, 2.45) is 0 Å². The van der Waals surface area contributed by atoms with Gasteiger partial charge in [0.05, 0.1) is 11.1 Å². The number of hydrogen-bond donors (Lipinski definition) is 2. The van der Waals surface area contributed by atoms with Crippen molar-refractivity contribution in [3.05, 3.63) is 110 Å². The smallest absolute Gasteiger partial charge is 0.340 e. The zero-order valence-corrected chi connectivity index (χ0v) is 23.9. The maximum Gasteiger partial charge on any atom is 0.340 e. The van der Waals surface area contributed by atoms with E-state index in [9.17, 15) is 9.59 Å². The van der Waals surface area contributed by atoms with Crippen LogP contribution in [0.4, 0.5) is 0 Å². The summed E-state index contributed by atoms with van der Waals surface area (Å²) in [6, 6.07) is 22.2. The summed E-state index contributed by atoms with van der Waals surface area (Å²) in [7, 11) is -1.08. The highest BCUT2D eigenvalue weighted by Crippen LogP contribution is 2.30. The normalized spacial score (nSPS) is 11.5. The molecule has 0 aliphatic carbocycles. The van der Waals surface area contributed by atoms with Gasteiger partial charge in [-0.1, -0.05) is 48.0 Å². The number of para-hydroxylation sites is 1. The SMILES string of the molecule is Cc1ccc(CCC[Si](C)Oc2ccc3c(S)c(Cc4c(S)c5ccccc5oc4=O)c(=O)oc3c2)cc1. The Labute approximate surface area is 233 Å². The van der Waals surface area contributed by atoms with Gasteiger partial charge in [-0.05, 0) is 56.1 Å². The van der Waals surface area contributed by atoms with Gasteiger partial charge < -0.3 is 13.3 Å². The molecular weight excluding hydrogens is 533 g/mol. The first-order valence-electron chi connectivity index (χ1n) is 12.4. The third-order valence-corrected chi connectivity index (χ3v) is 9.24. The third-order valence-electron chi connectivity index (χ3n) is 6.58. The lowest BCUT2D eigenvalue weighted by molar-refractivity contribution is 0.532. The maximum atomic E-state index is 13.0. The van der Waals surface area contributed by atoms with E-state index in [4.69, 9.17) is 13.3 Å². The van der Waals surface area contributed by atoms with Crippen LogP contribution in [0.25, 0.3) is 21.9 Å². The Morgan fingerprint density at radius 3 is 2.16 bits per heavy atom. The van der Waals surface area contributed by atoms with E-state index in [0.29, 0.717) is 37.5 Å². The molecule has 2 aromatic heterocycles. The Hall–Kier alpha value is -3.20. The van der Waals surface area contributed by atoms with E-state index in [1.54, 1.807) is 18.2 Å². The first-order valence-corrected chi connectivity index (χ1v) is 15.4. The van der Waals surface area contributed by atoms with Crippen molar-refractivity contribution >= 4 is 56.2 Å². The highest BCUT2D eigenvalue weighted by Gasteiger charge is 2.19. The Balaban J connectivity index is 1.34. The Morgan fingerprint density at radius 1 is 0.816 bits per heavy atom. The predicted octanol–water partition coefficient (Wildman–Crippen LogP) is 7.01. The van der Waals surface area contributed by atoms with Gasteiger partial charge in [-0.2, -0.15) is 0 Å². The molecule has 0 N–H and O–H groups in total. The second-order valence-corrected chi connectivity index (χ2v) is 12.4. The first kappa shape index (κ1) is 26.4. The van der Waals surface area contributed by atoms with Crippen LogP contribution in [-0.2, 0) is 12.8 Å². The molecule has 5 aromatic rings. The minimum absolute atomic E-state index is 0.00441. The van der Waals surface area contributed by atoms with E-state index >= 15 is 0 Å². The zero-order valence-electron chi connectivity index (χ0n) is 21.1. The van der Waals surface area contributed by atoms with Crippen LogP contribution < -0.4 is 15.7 Å². The molecule has 0 unspecified atom stereocenters. The molecule has 8 heteroatoms. The van der Waals surface area contributed by atoms with Crippen molar-refractivity contribution in [3.63, 3.8) is 0 Å². The summed E-state index contributed by atoms with van der Waals surface area (Å²) in [6.45, 7) is 4.23. The summed E-state index contributed by atoms with van der Waals surface area (Å²) < 4.78 is 17.3. The monoisotopic (exact) mass is 559 g/mol. The fourth-order valence-corrected chi connectivity index (χ4v) is 6.49. The highest BCUT2D eigenvalue weighted by atomic mass is 32.1. The molecule has 0 aliphatic heterocycles. The second kappa shape index (κ2) is 11.3. The number of fused-ring (bicyclic) bond motifs is 2. The van der Waals surface area contributed by atoms with E-state index in [1.807, 2.05) is 24.3 Å². The van der Waals surface area contributed by atoms with Gasteiger partial charge in [0.15, 0.2) is 0 Å². The lowest BCUT2D eigenvalue weighted by Crippen LogP contribution is -2.17. The van der Waals surface area contributed by atoms with Gasteiger partial charge in [0.1, 0.15) is 16.9 Å². The van der Waals surface area contributed by atoms with Crippen LogP contribution in [0.1, 0.15) is 28.7 Å². The Morgan fingerprint density at radius 2 is 1.45 bits per heavy atom. The van der Waals surface area contributed by atoms with Gasteiger partial charge in [0.2, 0.25) is 0 Å². The average Bonchev–Trinajstić information content (AvgIpc) is 2.89. The molecule has 5 nitrogen and oxygen atoms in total. The van der Waals surface area contributed by atoms with Crippen LogP contribution in [0.5, 0.6) is 5.75 Å². The van der Waals surface area contributed by atoms with Crippen LogP contribution >= 0.6 is 25.3 Å². The molecule has 0 fully saturated rings. The highest BCUT2D eigenvalue weighted by molar-refractivity contribution is 7.80. The lowest BCUT2D eigenvalue weighted by atomic mass is 10.0. The molecule has 0 spiro atoms. The molecule has 0 saturated heterocycles. The summed E-state index contributed by atoms with van der Waals surface area (Å²) in [6.07, 6.45) is 2.08. The van der Waals surface area contributed by atoms with Crippen molar-refractivity contribution < 1.29 is 13.3 Å². The van der Waals surface area contributed by atoms with Gasteiger partial charge in [0.25, 0.3) is 9.04 Å². The topological polar surface area (TPSA) is 69.7 Å². The van der Waals surface area contributed by atoms with Crippen LogP contribution in [0.15, 0.2) is 94.9 Å². The van der Waals surface area contributed by atoms with Gasteiger partial charge in [-0.25, -0.2) is 9.59 Å². The van der Waals surface area contributed by atoms with Crippen LogP contribution in [-0.4, -0.2) is 9.04 Å². The minimum atomic E-state index is -1.08. The quantitative estimate of drug-likeness (QED) is 0.122. The van der Waals surface area contributed by atoms with E-state index in [-0.39, 0.29) is 17.5 Å². The number of hydrogen-bond acceptors (Lipinski definition) is 7. The van der Waals surface area contributed by atoms with Crippen molar-refractivity contribution in [1.82, 2.24) is 0 Å². The maximum absolute atomic E-state index is 13.0. The molecule has 193 valence electrons. The van der Waals surface area contributed by atoms with Crippen molar-refractivity contribution in [1.29, 1.82) is 0 Å². The first-order chi connectivity index (χ1) is 18.3. The molecule has 38 heavy (non-hydrogen) atoms. The molecule has 0 atom stereocenters. The molecule has 1 radical (unpaired) electrons. The van der Waals surface area contributed by atoms with E-state index in [0.717, 1.165) is 18.9 Å². The summed E-state index contributed by atoms with van der Waals surface area (Å²) in [5, 5.41) is 1.37. The fraction of sp³-hybridized carbons (Fsp3) is 0.200. The molecular formula is C30H27O5S2Si. The number of thiol groups is 2. The van der Waals surface area contributed by atoms with Crippen molar-refractivity contribution in [2.75, 3.05) is 0 Å². The summed E-state index contributed by atoms with van der Waals surface area (Å²) >= 11 is 9.21. The summed E-state index contributed by atoms with van der Waals surface area (Å²) in [5.41, 5.74) is 2.92. The summed E-state index contributed by atoms with van der Waals surface area (Å²) in [4.78, 5) is 26.6. The Bertz CT molecular complexity index is 1740. The zero-order chi connectivity index (χ0) is 26.8. The van der Waals surface area contributed by atoms with E-state index in [2.05, 4.69) is 63.0 Å². The average molecular weight is 560 g/mol. The number of aryl methyl sites for hydroxylation is 2. The number of rotatable bonds is 8. The standard InChI is InChI=1S/C30H27O5S2Si/c1-18-9-11-19(12-10-18)6-5-15-38(2)35-20-13-14-22-26(16-20)34-30(32)24(28(22)37)17-23-27(36)21-7-3-4-8-25(21)33-29(23)31/h3-4,7-14,16,36-37H,5-6,15,17H2,1-2H3. The van der Waals surface area contributed by atoms with Gasteiger partial charge in [-0.15, -0.1) is 25.3 Å². The van der Waals surface area contributed by atoms with Crippen LogP contribution in [0.3, 0.4) is 0 Å². The van der Waals surface area contributed by atoms with Crippen LogP contribution in [0.2, 0.25) is 12.6 Å². The minimum Gasteiger partial charge on any atom is -0.542 e. The molecule has 0 aliphatic rings. The molecule has 0 amide bonds. The van der Waals surface area contributed by atoms with Gasteiger partial charge in [-0.3, -0.25) is 0 Å². The van der Waals surface area contributed by atoms with E-state index in [1.165, 1.54) is 11.1 Å². The predicted molar refractivity (Wildman–Crippen MR) is 159 cm³/mol. The van der Waals surface area contributed by atoms with Crippen LogP contribution in [0, 0.1) is 6.92 Å². The molecule has 5 rings (SSSR count). The fourth-order valence-electron chi connectivity index (χ4n) is 4.48. The molecule has 0 saturated carbocycles. The molecule has 3 aromatic carbocycles. The van der Waals surface area contributed by atoms with Gasteiger partial charge in [0, 0.05) is 33.1 Å². The summed E-state index contributed by atoms with van der Waals surface area (Å²) in [5.74, 6) is 0.667. The number of benzene rings is 3. The third kappa shape index (κ3) is 5.62. The molecule has 2 heterocycles. The van der Waals surface area contributed by atoms with Gasteiger partial charge >= 0.3 is 11.3 Å².